The van der Waals surface area contributed by atoms with Crippen molar-refractivity contribution in [3.63, 3.8) is 0 Å². The first-order chi connectivity index (χ1) is 20.7. The van der Waals surface area contributed by atoms with Gasteiger partial charge in [0.15, 0.2) is 11.6 Å². The molecule has 1 aromatic heterocycles. The number of benzene rings is 6. The normalized spacial score (nSPS) is 13.1. The van der Waals surface area contributed by atoms with Crippen LogP contribution in [0.25, 0.3) is 44.7 Å². The predicted molar refractivity (Wildman–Crippen MR) is 171 cm³/mol. The van der Waals surface area contributed by atoms with Gasteiger partial charge in [-0.05, 0) is 67.9 Å². The molecule has 0 unspecified atom stereocenters. The number of halogens is 1. The van der Waals surface area contributed by atoms with Crippen LogP contribution < -0.4 is 0 Å². The highest BCUT2D eigenvalue weighted by atomic mass is 35.5. The standard InChI is InChI=1S/C38H24ClN3/c39-37-41-35(27-20-19-25-11-7-8-12-26(25)23-27)40-36(42-37)28-21-22-32-31-17-9-10-18-33(31)38(34(32)24-28,29-13-3-1-4-14-29)30-15-5-2-6-16-30/h1-24H. The molecule has 0 atom stereocenters. The largest absolute Gasteiger partial charge is 0.226 e. The van der Waals surface area contributed by atoms with E-state index in [0.29, 0.717) is 11.6 Å². The highest BCUT2D eigenvalue weighted by molar-refractivity contribution is 6.28. The van der Waals surface area contributed by atoms with Crippen molar-refractivity contribution in [1.82, 2.24) is 15.0 Å². The van der Waals surface area contributed by atoms with Crippen molar-refractivity contribution in [2.45, 2.75) is 5.41 Å². The van der Waals surface area contributed by atoms with Crippen molar-refractivity contribution in [2.75, 3.05) is 0 Å². The van der Waals surface area contributed by atoms with Gasteiger partial charge >= 0.3 is 0 Å². The molecule has 4 heteroatoms. The molecule has 0 spiro atoms. The number of rotatable bonds is 4. The van der Waals surface area contributed by atoms with Gasteiger partial charge in [0, 0.05) is 11.1 Å². The van der Waals surface area contributed by atoms with Crippen molar-refractivity contribution < 1.29 is 0 Å². The summed E-state index contributed by atoms with van der Waals surface area (Å²) < 4.78 is 0. The summed E-state index contributed by atoms with van der Waals surface area (Å²) in [7, 11) is 0. The minimum atomic E-state index is -0.498. The van der Waals surface area contributed by atoms with Crippen LogP contribution >= 0.6 is 11.6 Å². The smallest absolute Gasteiger partial charge is 0.208 e. The number of hydrogen-bond acceptors (Lipinski definition) is 3. The maximum Gasteiger partial charge on any atom is 0.226 e. The Bertz CT molecular complexity index is 2070. The first-order valence-corrected chi connectivity index (χ1v) is 14.4. The summed E-state index contributed by atoms with van der Waals surface area (Å²) >= 11 is 6.54. The summed E-state index contributed by atoms with van der Waals surface area (Å²) in [6.45, 7) is 0. The van der Waals surface area contributed by atoms with Crippen LogP contribution in [0.5, 0.6) is 0 Å². The Morgan fingerprint density at radius 3 is 1.69 bits per heavy atom. The van der Waals surface area contributed by atoms with Crippen LogP contribution in [0.15, 0.2) is 146 Å². The highest BCUT2D eigenvalue weighted by Gasteiger charge is 2.46. The van der Waals surface area contributed by atoms with E-state index in [1.165, 1.54) is 33.4 Å². The highest BCUT2D eigenvalue weighted by Crippen LogP contribution is 2.56. The fourth-order valence-corrected chi connectivity index (χ4v) is 6.68. The van der Waals surface area contributed by atoms with Gasteiger partial charge in [-0.15, -0.1) is 0 Å². The zero-order valence-corrected chi connectivity index (χ0v) is 23.3. The molecule has 8 rings (SSSR count). The molecule has 6 aromatic carbocycles. The van der Waals surface area contributed by atoms with E-state index in [1.807, 2.05) is 18.2 Å². The number of hydrogen-bond donors (Lipinski definition) is 0. The molecule has 198 valence electrons. The molecule has 3 nitrogen and oxygen atoms in total. The van der Waals surface area contributed by atoms with Gasteiger partial charge in [-0.1, -0.05) is 133 Å². The zero-order valence-electron chi connectivity index (χ0n) is 22.6. The maximum absolute atomic E-state index is 6.54. The molecular weight excluding hydrogens is 534 g/mol. The van der Waals surface area contributed by atoms with Gasteiger partial charge in [-0.3, -0.25) is 0 Å². The average Bonchev–Trinajstić information content (AvgIpc) is 3.35. The van der Waals surface area contributed by atoms with Crippen LogP contribution in [0.3, 0.4) is 0 Å². The van der Waals surface area contributed by atoms with Gasteiger partial charge in [0.25, 0.3) is 0 Å². The predicted octanol–water partition coefficient (Wildman–Crippen LogP) is 9.38. The van der Waals surface area contributed by atoms with Gasteiger partial charge < -0.3 is 0 Å². The molecular formula is C38H24ClN3. The van der Waals surface area contributed by atoms with Crippen molar-refractivity contribution >= 4 is 22.4 Å². The second-order valence-electron chi connectivity index (χ2n) is 10.6. The van der Waals surface area contributed by atoms with E-state index >= 15 is 0 Å². The Hall–Kier alpha value is -5.12. The summed E-state index contributed by atoms with van der Waals surface area (Å²) in [6.07, 6.45) is 0. The summed E-state index contributed by atoms with van der Waals surface area (Å²) in [5.74, 6) is 1.10. The average molecular weight is 558 g/mol. The van der Waals surface area contributed by atoms with Crippen molar-refractivity contribution in [3.05, 3.63) is 173 Å². The van der Waals surface area contributed by atoms with E-state index in [0.717, 1.165) is 21.9 Å². The van der Waals surface area contributed by atoms with Crippen LogP contribution in [0, 0.1) is 0 Å². The first-order valence-electron chi connectivity index (χ1n) is 14.0. The monoisotopic (exact) mass is 557 g/mol. The number of fused-ring (bicyclic) bond motifs is 4. The van der Waals surface area contributed by atoms with Crippen molar-refractivity contribution in [2.24, 2.45) is 0 Å². The van der Waals surface area contributed by atoms with Gasteiger partial charge in [-0.25, -0.2) is 4.98 Å². The van der Waals surface area contributed by atoms with E-state index in [9.17, 15) is 0 Å². The fourth-order valence-electron chi connectivity index (χ4n) is 6.52. The van der Waals surface area contributed by atoms with Crippen molar-refractivity contribution in [1.29, 1.82) is 0 Å². The number of nitrogens with zero attached hydrogens (tertiary/aromatic N) is 3. The minimum absolute atomic E-state index is 0.171. The zero-order chi connectivity index (χ0) is 28.1. The molecule has 0 N–H and O–H groups in total. The lowest BCUT2D eigenvalue weighted by molar-refractivity contribution is 0.768. The van der Waals surface area contributed by atoms with Gasteiger partial charge in [0.1, 0.15) is 0 Å². The molecule has 7 aromatic rings. The first kappa shape index (κ1) is 24.7. The maximum atomic E-state index is 6.54. The lowest BCUT2D eigenvalue weighted by Gasteiger charge is -2.34. The topological polar surface area (TPSA) is 38.7 Å². The third kappa shape index (κ3) is 3.78. The van der Waals surface area contributed by atoms with Gasteiger partial charge in [0.05, 0.1) is 5.41 Å². The van der Waals surface area contributed by atoms with E-state index in [2.05, 4.69) is 137 Å². The Morgan fingerprint density at radius 1 is 0.429 bits per heavy atom. The molecule has 1 aliphatic carbocycles. The van der Waals surface area contributed by atoms with Crippen LogP contribution in [0.4, 0.5) is 0 Å². The van der Waals surface area contributed by atoms with E-state index < -0.39 is 5.41 Å². The Kier molecular flexibility index (Phi) is 5.73. The second-order valence-corrected chi connectivity index (χ2v) is 10.9. The van der Waals surface area contributed by atoms with E-state index in [4.69, 9.17) is 16.6 Å². The minimum Gasteiger partial charge on any atom is -0.208 e. The lowest BCUT2D eigenvalue weighted by Crippen LogP contribution is -2.28. The Balaban J connectivity index is 1.36. The van der Waals surface area contributed by atoms with Gasteiger partial charge in [-0.2, -0.15) is 9.97 Å². The van der Waals surface area contributed by atoms with Crippen LogP contribution in [0.2, 0.25) is 5.28 Å². The molecule has 42 heavy (non-hydrogen) atoms. The summed E-state index contributed by atoms with van der Waals surface area (Å²) in [6, 6.07) is 51.3. The molecule has 0 saturated heterocycles. The summed E-state index contributed by atoms with van der Waals surface area (Å²) in [4.78, 5) is 14.1. The quantitative estimate of drug-likeness (QED) is 0.216. The molecule has 0 amide bonds. The fraction of sp³-hybridized carbons (Fsp3) is 0.0263. The van der Waals surface area contributed by atoms with Crippen LogP contribution in [0.1, 0.15) is 22.3 Å². The van der Waals surface area contributed by atoms with Crippen LogP contribution in [-0.4, -0.2) is 15.0 Å². The van der Waals surface area contributed by atoms with Crippen LogP contribution in [-0.2, 0) is 5.41 Å². The summed E-state index contributed by atoms with van der Waals surface area (Å²) in [5, 5.41) is 2.46. The molecule has 1 aliphatic rings. The molecule has 0 fully saturated rings. The van der Waals surface area contributed by atoms with Crippen molar-refractivity contribution in [3.8, 4) is 33.9 Å². The number of aromatic nitrogens is 3. The Morgan fingerprint density at radius 2 is 0.976 bits per heavy atom. The second kappa shape index (κ2) is 9.76. The third-order valence-electron chi connectivity index (χ3n) is 8.33. The third-order valence-corrected chi connectivity index (χ3v) is 8.50. The molecule has 0 saturated carbocycles. The Labute approximate surface area is 249 Å². The van der Waals surface area contributed by atoms with E-state index in [-0.39, 0.29) is 5.28 Å². The van der Waals surface area contributed by atoms with Gasteiger partial charge in [0.2, 0.25) is 5.28 Å². The van der Waals surface area contributed by atoms with E-state index in [1.54, 1.807) is 0 Å². The SMILES string of the molecule is Clc1nc(-c2ccc3c(c2)C(c2ccccc2)(c2ccccc2)c2ccccc2-3)nc(-c2ccc3ccccc3c2)n1. The summed E-state index contributed by atoms with van der Waals surface area (Å²) in [5.41, 5.74) is 8.62. The molecule has 0 aliphatic heterocycles. The molecule has 0 bridgehead atoms. The molecule has 1 heterocycles. The lowest BCUT2D eigenvalue weighted by atomic mass is 9.67. The molecule has 0 radical (unpaired) electrons.